The van der Waals surface area contributed by atoms with Crippen LogP contribution in [-0.4, -0.2) is 27.4 Å². The summed E-state index contributed by atoms with van der Waals surface area (Å²) in [6, 6.07) is 14.4. The SMILES string of the molecule is NC(=O)Cn1cc(/C=C2\C(=O)NC(=S)N(c3ccc(Br)cc3)C2=O)c2ccccc21. The molecule has 150 valence electrons. The van der Waals surface area contributed by atoms with Crippen LogP contribution in [0.5, 0.6) is 0 Å². The van der Waals surface area contributed by atoms with Crippen molar-refractivity contribution in [3.05, 3.63) is 70.3 Å². The first-order valence-corrected chi connectivity index (χ1v) is 10.1. The number of anilines is 1. The number of para-hydroxylation sites is 1. The normalized spacial score (nSPS) is 15.7. The standard InChI is InChI=1S/C21H15BrN4O3S/c22-13-5-7-14(8-6-13)26-20(29)16(19(28)24-21(26)30)9-12-10-25(11-18(23)27)17-4-2-1-3-15(12)17/h1-10H,11H2,(H2,23,27)(H,24,28,30)/b16-9+. The van der Waals surface area contributed by atoms with Crippen LogP contribution in [0.15, 0.2) is 64.8 Å². The molecule has 0 radical (unpaired) electrons. The minimum Gasteiger partial charge on any atom is -0.368 e. The van der Waals surface area contributed by atoms with Crippen molar-refractivity contribution in [2.75, 3.05) is 4.90 Å². The summed E-state index contributed by atoms with van der Waals surface area (Å²) in [5.74, 6) is -1.60. The summed E-state index contributed by atoms with van der Waals surface area (Å²) in [7, 11) is 0. The van der Waals surface area contributed by atoms with Crippen LogP contribution >= 0.6 is 28.1 Å². The maximum absolute atomic E-state index is 13.2. The number of fused-ring (bicyclic) bond motifs is 1. The molecule has 30 heavy (non-hydrogen) atoms. The number of rotatable bonds is 4. The van der Waals surface area contributed by atoms with E-state index in [4.69, 9.17) is 18.0 Å². The van der Waals surface area contributed by atoms with Gasteiger partial charge in [-0.3, -0.25) is 24.6 Å². The molecule has 1 aliphatic heterocycles. The predicted octanol–water partition coefficient (Wildman–Crippen LogP) is 2.72. The third-order valence-electron chi connectivity index (χ3n) is 4.63. The van der Waals surface area contributed by atoms with Gasteiger partial charge in [-0.15, -0.1) is 0 Å². The zero-order valence-corrected chi connectivity index (χ0v) is 17.9. The molecule has 2 heterocycles. The van der Waals surface area contributed by atoms with E-state index in [1.54, 1.807) is 35.0 Å². The van der Waals surface area contributed by atoms with Crippen LogP contribution < -0.4 is 16.0 Å². The van der Waals surface area contributed by atoms with Crippen LogP contribution in [0.4, 0.5) is 5.69 Å². The summed E-state index contributed by atoms with van der Waals surface area (Å²) in [6.07, 6.45) is 3.20. The number of thiocarbonyl (C=S) groups is 1. The predicted molar refractivity (Wildman–Crippen MR) is 121 cm³/mol. The van der Waals surface area contributed by atoms with Gasteiger partial charge in [0.2, 0.25) is 5.91 Å². The van der Waals surface area contributed by atoms with Gasteiger partial charge in [-0.1, -0.05) is 34.1 Å². The lowest BCUT2D eigenvalue weighted by Crippen LogP contribution is -2.54. The third-order valence-corrected chi connectivity index (χ3v) is 5.45. The van der Waals surface area contributed by atoms with Gasteiger partial charge >= 0.3 is 0 Å². The lowest BCUT2D eigenvalue weighted by Gasteiger charge is -2.28. The number of hydrogen-bond donors (Lipinski definition) is 2. The topological polar surface area (TPSA) is 97.4 Å². The lowest BCUT2D eigenvalue weighted by molar-refractivity contribution is -0.122. The van der Waals surface area contributed by atoms with E-state index in [0.29, 0.717) is 11.3 Å². The summed E-state index contributed by atoms with van der Waals surface area (Å²) in [5, 5.41) is 3.37. The average Bonchev–Trinajstić information content (AvgIpc) is 3.03. The fourth-order valence-electron chi connectivity index (χ4n) is 3.33. The molecule has 2 aromatic carbocycles. The van der Waals surface area contributed by atoms with Gasteiger partial charge in [-0.2, -0.15) is 0 Å². The zero-order chi connectivity index (χ0) is 21.4. The number of hydrogen-bond acceptors (Lipinski definition) is 4. The highest BCUT2D eigenvalue weighted by Crippen LogP contribution is 2.27. The highest BCUT2D eigenvalue weighted by atomic mass is 79.9. The van der Waals surface area contributed by atoms with Crippen molar-refractivity contribution in [2.24, 2.45) is 5.73 Å². The Bertz CT molecular complexity index is 1250. The first-order chi connectivity index (χ1) is 14.3. The van der Waals surface area contributed by atoms with E-state index in [1.807, 2.05) is 24.3 Å². The number of primary amides is 1. The summed E-state index contributed by atoms with van der Waals surface area (Å²) < 4.78 is 2.54. The van der Waals surface area contributed by atoms with Crippen molar-refractivity contribution in [3.63, 3.8) is 0 Å². The summed E-state index contributed by atoms with van der Waals surface area (Å²) >= 11 is 8.58. The molecule has 0 unspecified atom stereocenters. The van der Waals surface area contributed by atoms with Gasteiger partial charge in [0.1, 0.15) is 12.1 Å². The maximum atomic E-state index is 13.2. The molecule has 0 saturated carbocycles. The van der Waals surface area contributed by atoms with Gasteiger partial charge in [-0.25, -0.2) is 0 Å². The van der Waals surface area contributed by atoms with Gasteiger partial charge in [-0.05, 0) is 48.6 Å². The second-order valence-corrected chi connectivity index (χ2v) is 7.93. The van der Waals surface area contributed by atoms with Crippen LogP contribution in [0.2, 0.25) is 0 Å². The van der Waals surface area contributed by atoms with Crippen LogP contribution in [0.1, 0.15) is 5.56 Å². The van der Waals surface area contributed by atoms with E-state index in [9.17, 15) is 14.4 Å². The van der Waals surface area contributed by atoms with E-state index in [0.717, 1.165) is 15.4 Å². The quantitative estimate of drug-likeness (QED) is 0.339. The summed E-state index contributed by atoms with van der Waals surface area (Å²) in [4.78, 5) is 38.4. The van der Waals surface area contributed by atoms with Crippen molar-refractivity contribution in [1.29, 1.82) is 0 Å². The molecular formula is C21H15BrN4O3S. The van der Waals surface area contributed by atoms with E-state index in [2.05, 4.69) is 21.2 Å². The lowest BCUT2D eigenvalue weighted by atomic mass is 10.1. The minimum atomic E-state index is -0.579. The Morgan fingerprint density at radius 3 is 2.53 bits per heavy atom. The van der Waals surface area contributed by atoms with Crippen molar-refractivity contribution in [2.45, 2.75) is 6.54 Å². The van der Waals surface area contributed by atoms with Crippen molar-refractivity contribution >= 4 is 73.6 Å². The molecule has 1 saturated heterocycles. The number of aromatic nitrogens is 1. The first kappa shape index (κ1) is 20.0. The average molecular weight is 483 g/mol. The molecule has 9 heteroatoms. The second-order valence-electron chi connectivity index (χ2n) is 6.63. The van der Waals surface area contributed by atoms with E-state index in [1.165, 1.54) is 11.0 Å². The summed E-state index contributed by atoms with van der Waals surface area (Å²) in [6.45, 7) is -0.0149. The van der Waals surface area contributed by atoms with Crippen LogP contribution in [-0.2, 0) is 20.9 Å². The molecule has 1 fully saturated rings. The molecular weight excluding hydrogens is 468 g/mol. The Kier molecular flexibility index (Phi) is 5.23. The third kappa shape index (κ3) is 3.64. The van der Waals surface area contributed by atoms with Crippen LogP contribution in [0.25, 0.3) is 17.0 Å². The monoisotopic (exact) mass is 482 g/mol. The highest BCUT2D eigenvalue weighted by molar-refractivity contribution is 9.10. The van der Waals surface area contributed by atoms with E-state index >= 15 is 0 Å². The molecule has 3 N–H and O–H groups in total. The molecule has 7 nitrogen and oxygen atoms in total. The fourth-order valence-corrected chi connectivity index (χ4v) is 3.87. The van der Waals surface area contributed by atoms with Gasteiger partial charge in [0.05, 0.1) is 5.69 Å². The van der Waals surface area contributed by atoms with E-state index in [-0.39, 0.29) is 17.2 Å². The highest BCUT2D eigenvalue weighted by Gasteiger charge is 2.34. The summed E-state index contributed by atoms with van der Waals surface area (Å²) in [5.41, 5.74) is 7.21. The Morgan fingerprint density at radius 1 is 1.13 bits per heavy atom. The molecule has 3 amide bonds. The van der Waals surface area contributed by atoms with Crippen molar-refractivity contribution in [1.82, 2.24) is 9.88 Å². The van der Waals surface area contributed by atoms with E-state index < -0.39 is 17.7 Å². The molecule has 0 atom stereocenters. The number of nitrogens with zero attached hydrogens (tertiary/aromatic N) is 2. The molecule has 0 spiro atoms. The molecule has 0 bridgehead atoms. The fraction of sp³-hybridized carbons (Fsp3) is 0.0476. The Morgan fingerprint density at radius 2 is 1.83 bits per heavy atom. The number of amides is 3. The molecule has 1 aromatic heterocycles. The molecule has 4 rings (SSSR count). The van der Waals surface area contributed by atoms with Gasteiger partial charge in [0.25, 0.3) is 11.8 Å². The van der Waals surface area contributed by atoms with Gasteiger partial charge in [0.15, 0.2) is 5.11 Å². The minimum absolute atomic E-state index is 0.0145. The number of nitrogens with one attached hydrogen (secondary N) is 1. The Balaban J connectivity index is 1.80. The van der Waals surface area contributed by atoms with Gasteiger partial charge < -0.3 is 10.3 Å². The number of carbonyl (C=O) groups excluding carboxylic acids is 3. The molecule has 3 aromatic rings. The molecule has 0 aliphatic carbocycles. The van der Waals surface area contributed by atoms with Crippen molar-refractivity contribution < 1.29 is 14.4 Å². The Hall–Kier alpha value is -3.30. The van der Waals surface area contributed by atoms with Crippen LogP contribution in [0, 0.1) is 0 Å². The first-order valence-electron chi connectivity index (χ1n) is 8.88. The molecule has 1 aliphatic rings. The number of nitrogens with two attached hydrogens (primary N) is 1. The largest absolute Gasteiger partial charge is 0.368 e. The number of benzene rings is 2. The number of halogens is 1. The van der Waals surface area contributed by atoms with Gasteiger partial charge in [0, 0.05) is 27.1 Å². The smallest absolute Gasteiger partial charge is 0.270 e. The van der Waals surface area contributed by atoms with Crippen LogP contribution in [0.3, 0.4) is 0 Å². The maximum Gasteiger partial charge on any atom is 0.270 e. The second kappa shape index (κ2) is 7.85. The number of carbonyl (C=O) groups is 3. The Labute approximate surface area is 185 Å². The zero-order valence-electron chi connectivity index (χ0n) is 15.5. The van der Waals surface area contributed by atoms with Crippen molar-refractivity contribution in [3.8, 4) is 0 Å².